The number of Topliss-reactive ketones (excluding diaryl/α,β-unsaturated/α-hetero) is 1. The number of imide groups is 1. The van der Waals surface area contributed by atoms with Crippen LogP contribution in [0.25, 0.3) is 0 Å². The van der Waals surface area contributed by atoms with Crippen molar-refractivity contribution in [1.82, 2.24) is 14.9 Å². The molecule has 0 aliphatic carbocycles. The van der Waals surface area contributed by atoms with E-state index >= 15 is 0 Å². The maximum absolute atomic E-state index is 12.8. The Bertz CT molecular complexity index is 917. The average molecular weight is 541 g/mol. The summed E-state index contributed by atoms with van der Waals surface area (Å²) < 4.78 is 26.6. The van der Waals surface area contributed by atoms with Gasteiger partial charge in [-0.3, -0.25) is 19.8 Å². The number of hydrogen-bond donors (Lipinski definition) is 1. The predicted molar refractivity (Wildman–Crippen MR) is 131 cm³/mol. The molecule has 0 aromatic carbocycles. The van der Waals surface area contributed by atoms with Crippen LogP contribution in [0.2, 0.25) is 0 Å². The van der Waals surface area contributed by atoms with E-state index in [9.17, 15) is 19.2 Å². The van der Waals surface area contributed by atoms with Gasteiger partial charge in [-0.05, 0) is 34.6 Å². The van der Waals surface area contributed by atoms with Gasteiger partial charge in [-0.2, -0.15) is 5.26 Å². The highest BCUT2D eigenvalue weighted by molar-refractivity contribution is 7.44. The number of ether oxygens (including phenoxy) is 2. The molecule has 2 bridgehead atoms. The van der Waals surface area contributed by atoms with Crippen LogP contribution in [0.5, 0.6) is 0 Å². The first-order chi connectivity index (χ1) is 17.5. The van der Waals surface area contributed by atoms with Gasteiger partial charge in [-0.25, -0.2) is 9.46 Å². The Morgan fingerprint density at radius 1 is 1.24 bits per heavy atom. The summed E-state index contributed by atoms with van der Waals surface area (Å²) in [5.74, 6) is -1.88. The van der Waals surface area contributed by atoms with E-state index in [4.69, 9.17) is 23.8 Å². The van der Waals surface area contributed by atoms with Crippen molar-refractivity contribution in [3.8, 4) is 6.07 Å². The molecule has 0 spiro atoms. The number of nitriles is 1. The number of carbonyl (C=O) groups is 4. The predicted octanol–water partition coefficient (Wildman–Crippen LogP) is 2.61. The van der Waals surface area contributed by atoms with Crippen molar-refractivity contribution in [2.45, 2.75) is 110 Å². The monoisotopic (exact) mass is 540 g/mol. The minimum absolute atomic E-state index is 0.0265. The number of rotatable bonds is 12. The fraction of sp³-hybridized carbons (Fsp3) is 0.792. The van der Waals surface area contributed by atoms with Crippen LogP contribution in [0, 0.1) is 17.2 Å². The maximum atomic E-state index is 12.8. The Hall–Kier alpha value is -2.16. The lowest BCUT2D eigenvalue weighted by molar-refractivity contribution is -0.205. The molecule has 3 amide bonds. The lowest BCUT2D eigenvalue weighted by Gasteiger charge is -2.49. The standard InChI is InChI=1S/C24H37N4O8P/c1-13(2)28(14(3)4)37(33-11-7-10-25)36-17-12-18-27-20(16(6)23(31)26-24(27)32)22(21(17)34-18)35-19(30)9-8-15(5)29/h13-14,16-18,20-22H,7-9,11-12H2,1-6H3,(H,26,31,32)/t16-,17-,18+,20-,21-,22-,37?/m0/s1. The van der Waals surface area contributed by atoms with Gasteiger partial charge in [0.05, 0.1) is 43.6 Å². The van der Waals surface area contributed by atoms with Crippen molar-refractivity contribution in [3.05, 3.63) is 0 Å². The zero-order chi connectivity index (χ0) is 27.4. The largest absolute Gasteiger partial charge is 0.457 e. The maximum Gasteiger partial charge on any atom is 0.326 e. The van der Waals surface area contributed by atoms with Crippen molar-refractivity contribution in [3.63, 3.8) is 0 Å². The second kappa shape index (κ2) is 12.6. The summed E-state index contributed by atoms with van der Waals surface area (Å²) in [7, 11) is -1.63. The summed E-state index contributed by atoms with van der Waals surface area (Å²) in [6.45, 7) is 11.3. The molecule has 3 heterocycles. The van der Waals surface area contributed by atoms with E-state index in [1.165, 1.54) is 11.8 Å². The number of carbonyl (C=O) groups excluding carboxylic acids is 4. The third-order valence-corrected chi connectivity index (χ3v) is 8.79. The Balaban J connectivity index is 1.91. The number of amides is 3. The van der Waals surface area contributed by atoms with E-state index in [2.05, 4.69) is 16.1 Å². The fourth-order valence-electron chi connectivity index (χ4n) is 5.04. The summed E-state index contributed by atoms with van der Waals surface area (Å²) in [5, 5.41) is 11.3. The van der Waals surface area contributed by atoms with Gasteiger partial charge in [0.15, 0.2) is 6.10 Å². The Kier molecular flexibility index (Phi) is 10.0. The molecule has 3 rings (SSSR count). The smallest absolute Gasteiger partial charge is 0.326 e. The number of hydrogen-bond acceptors (Lipinski definition) is 10. The quantitative estimate of drug-likeness (QED) is 0.222. The molecule has 1 unspecified atom stereocenters. The molecule has 1 N–H and O–H groups in total. The molecule has 0 radical (unpaired) electrons. The highest BCUT2D eigenvalue weighted by Gasteiger charge is 2.61. The summed E-state index contributed by atoms with van der Waals surface area (Å²) in [6.07, 6.45) is -2.61. The molecule has 7 atom stereocenters. The minimum Gasteiger partial charge on any atom is -0.457 e. The minimum atomic E-state index is -1.63. The van der Waals surface area contributed by atoms with Crippen molar-refractivity contribution in [2.24, 2.45) is 5.92 Å². The molecule has 0 aromatic heterocycles. The highest BCUT2D eigenvalue weighted by Crippen LogP contribution is 2.51. The Labute approximate surface area is 218 Å². The normalized spacial score (nSPS) is 29.8. The van der Waals surface area contributed by atoms with Crippen molar-refractivity contribution >= 4 is 32.2 Å². The van der Waals surface area contributed by atoms with Crippen LogP contribution in [0.4, 0.5) is 4.79 Å². The highest BCUT2D eigenvalue weighted by atomic mass is 31.2. The number of fused-ring (bicyclic) bond motifs is 4. The van der Waals surface area contributed by atoms with Crippen molar-refractivity contribution in [1.29, 1.82) is 5.26 Å². The number of nitrogens with zero attached hydrogens (tertiary/aromatic N) is 3. The molecule has 37 heavy (non-hydrogen) atoms. The van der Waals surface area contributed by atoms with Gasteiger partial charge in [0.25, 0.3) is 8.53 Å². The van der Waals surface area contributed by atoms with Crippen LogP contribution in [0.15, 0.2) is 0 Å². The molecule has 0 aromatic rings. The van der Waals surface area contributed by atoms with Gasteiger partial charge in [0.2, 0.25) is 5.91 Å². The second-order valence-electron chi connectivity index (χ2n) is 10.1. The van der Waals surface area contributed by atoms with Crippen LogP contribution in [0.3, 0.4) is 0 Å². The second-order valence-corrected chi connectivity index (χ2v) is 11.5. The van der Waals surface area contributed by atoms with Gasteiger partial charge in [-0.1, -0.05) is 6.92 Å². The SMILES string of the molecule is CC(=O)CCC(=O)O[C@@H]1[C@H]2O[C@H](C[C@@H]2OP(OCCC#N)N(C(C)C)C(C)C)N2C(=O)NC(=O)[C@@H](C)[C@@H]12. The fourth-order valence-corrected chi connectivity index (χ4v) is 6.78. The summed E-state index contributed by atoms with van der Waals surface area (Å²) >= 11 is 0. The Morgan fingerprint density at radius 3 is 2.51 bits per heavy atom. The van der Waals surface area contributed by atoms with Gasteiger partial charge in [0.1, 0.15) is 18.1 Å². The van der Waals surface area contributed by atoms with Crippen LogP contribution in [-0.2, 0) is 32.9 Å². The van der Waals surface area contributed by atoms with E-state index in [0.717, 1.165) is 0 Å². The topological polar surface area (TPSA) is 148 Å². The summed E-state index contributed by atoms with van der Waals surface area (Å²) in [4.78, 5) is 50.9. The molecule has 206 valence electrons. The lowest BCUT2D eigenvalue weighted by Crippen LogP contribution is -2.70. The molecule has 3 saturated heterocycles. The summed E-state index contributed by atoms with van der Waals surface area (Å²) in [5.41, 5.74) is 0. The van der Waals surface area contributed by atoms with Crippen molar-refractivity contribution < 1.29 is 37.7 Å². The third-order valence-electron chi connectivity index (χ3n) is 6.63. The first kappa shape index (κ1) is 29.4. The van der Waals surface area contributed by atoms with E-state index in [-0.39, 0.29) is 43.7 Å². The molecular weight excluding hydrogens is 503 g/mol. The van der Waals surface area contributed by atoms with E-state index in [1.807, 2.05) is 27.7 Å². The first-order valence-electron chi connectivity index (χ1n) is 12.7. The van der Waals surface area contributed by atoms with Crippen molar-refractivity contribution in [2.75, 3.05) is 6.61 Å². The molecule has 0 saturated carbocycles. The van der Waals surface area contributed by atoms with E-state index in [1.54, 1.807) is 6.92 Å². The van der Waals surface area contributed by atoms with Crippen LogP contribution in [0.1, 0.15) is 67.2 Å². The van der Waals surface area contributed by atoms with Gasteiger partial charge >= 0.3 is 12.0 Å². The van der Waals surface area contributed by atoms with Gasteiger partial charge in [0, 0.05) is 24.9 Å². The average Bonchev–Trinajstić information content (AvgIpc) is 3.15. The molecule has 3 aliphatic heterocycles. The molecule has 3 fully saturated rings. The van der Waals surface area contributed by atoms with Gasteiger partial charge in [-0.15, -0.1) is 0 Å². The van der Waals surface area contributed by atoms with Crippen LogP contribution in [-0.4, -0.2) is 82.5 Å². The summed E-state index contributed by atoms with van der Waals surface area (Å²) in [6, 6.07) is 0.868. The first-order valence-corrected chi connectivity index (χ1v) is 13.8. The molecule has 12 nitrogen and oxygen atoms in total. The zero-order valence-corrected chi connectivity index (χ0v) is 23.1. The number of esters is 1. The van der Waals surface area contributed by atoms with Gasteiger partial charge < -0.3 is 23.3 Å². The third kappa shape index (κ3) is 6.65. The van der Waals surface area contributed by atoms with Crippen LogP contribution >= 0.6 is 8.53 Å². The number of ketones is 1. The molecular formula is C24H37N4O8P. The molecule has 3 aliphatic rings. The number of urea groups is 1. The number of nitrogens with one attached hydrogen (secondary N) is 1. The van der Waals surface area contributed by atoms with E-state index < -0.39 is 62.9 Å². The lowest BCUT2D eigenvalue weighted by atomic mass is 9.88. The molecule has 13 heteroatoms. The zero-order valence-electron chi connectivity index (χ0n) is 22.2. The van der Waals surface area contributed by atoms with E-state index in [0.29, 0.717) is 6.42 Å². The van der Waals surface area contributed by atoms with Crippen LogP contribution < -0.4 is 5.32 Å². The Morgan fingerprint density at radius 2 is 1.92 bits per heavy atom.